The summed E-state index contributed by atoms with van der Waals surface area (Å²) >= 11 is 6.17. The topological polar surface area (TPSA) is 39.2 Å². The van der Waals surface area contributed by atoms with Gasteiger partial charge in [0.15, 0.2) is 0 Å². The van der Waals surface area contributed by atoms with Gasteiger partial charge in [-0.2, -0.15) is 0 Å². The second-order valence-corrected chi connectivity index (χ2v) is 5.12. The number of rotatable bonds is 2. The zero-order chi connectivity index (χ0) is 15.7. The van der Waals surface area contributed by atoms with Crippen molar-refractivity contribution in [2.75, 3.05) is 7.11 Å². The molecule has 0 radical (unpaired) electrons. The molecule has 110 valence electrons. The Kier molecular flexibility index (Phi) is 3.77. The number of halogens is 2. The van der Waals surface area contributed by atoms with E-state index >= 15 is 0 Å². The van der Waals surface area contributed by atoms with Gasteiger partial charge >= 0.3 is 5.97 Å². The van der Waals surface area contributed by atoms with Gasteiger partial charge in [0.05, 0.1) is 23.4 Å². The van der Waals surface area contributed by atoms with Crippen LogP contribution < -0.4 is 0 Å². The Balaban J connectivity index is 2.27. The summed E-state index contributed by atoms with van der Waals surface area (Å²) < 4.78 is 17.8. The maximum Gasteiger partial charge on any atom is 0.337 e. The van der Waals surface area contributed by atoms with E-state index in [4.69, 9.17) is 16.3 Å². The van der Waals surface area contributed by atoms with Crippen molar-refractivity contribution in [1.29, 1.82) is 0 Å². The number of nitrogens with zero attached hydrogens (tertiary/aromatic N) is 1. The molecule has 1 aromatic heterocycles. The van der Waals surface area contributed by atoms with E-state index in [9.17, 15) is 9.18 Å². The minimum atomic E-state index is -0.438. The number of methoxy groups -OCH3 is 1. The van der Waals surface area contributed by atoms with Crippen LogP contribution in [0.1, 0.15) is 10.4 Å². The highest BCUT2D eigenvalue weighted by molar-refractivity contribution is 6.35. The first-order valence-electron chi connectivity index (χ1n) is 6.52. The van der Waals surface area contributed by atoms with Crippen LogP contribution in [-0.4, -0.2) is 18.1 Å². The number of pyridine rings is 1. The Morgan fingerprint density at radius 3 is 2.55 bits per heavy atom. The molecule has 0 unspecified atom stereocenters. The van der Waals surface area contributed by atoms with Crippen molar-refractivity contribution in [2.45, 2.75) is 0 Å². The first kappa shape index (κ1) is 14.5. The fourth-order valence-electron chi connectivity index (χ4n) is 2.29. The van der Waals surface area contributed by atoms with E-state index in [0.717, 1.165) is 10.9 Å². The predicted octanol–water partition coefficient (Wildman–Crippen LogP) is 4.48. The number of carbonyl (C=O) groups excluding carboxylic acids is 1. The number of carbonyl (C=O) groups is 1. The molecule has 0 saturated heterocycles. The fourth-order valence-corrected chi connectivity index (χ4v) is 2.50. The fraction of sp³-hybridized carbons (Fsp3) is 0.0588. The summed E-state index contributed by atoms with van der Waals surface area (Å²) in [4.78, 5) is 16.0. The van der Waals surface area contributed by atoms with Crippen molar-refractivity contribution >= 4 is 28.3 Å². The van der Waals surface area contributed by atoms with E-state index < -0.39 is 5.97 Å². The molecule has 0 aliphatic carbocycles. The van der Waals surface area contributed by atoms with Crippen molar-refractivity contribution < 1.29 is 13.9 Å². The number of fused-ring (bicyclic) bond motifs is 1. The third-order valence-corrected chi connectivity index (χ3v) is 3.68. The normalized spacial score (nSPS) is 10.7. The van der Waals surface area contributed by atoms with Crippen LogP contribution in [0.2, 0.25) is 5.02 Å². The van der Waals surface area contributed by atoms with Gasteiger partial charge in [0.2, 0.25) is 0 Å². The lowest BCUT2D eigenvalue weighted by molar-refractivity contribution is 0.0601. The predicted molar refractivity (Wildman–Crippen MR) is 83.5 cm³/mol. The van der Waals surface area contributed by atoms with Crippen molar-refractivity contribution in [1.82, 2.24) is 4.98 Å². The molecule has 0 saturated carbocycles. The molecular weight excluding hydrogens is 305 g/mol. The molecular formula is C17H11ClFNO2. The molecule has 0 atom stereocenters. The van der Waals surface area contributed by atoms with Crippen molar-refractivity contribution in [3.8, 4) is 11.3 Å². The molecule has 22 heavy (non-hydrogen) atoms. The number of ether oxygens (including phenoxy) is 1. The van der Waals surface area contributed by atoms with Crippen molar-refractivity contribution in [3.63, 3.8) is 0 Å². The van der Waals surface area contributed by atoms with Gasteiger partial charge in [-0.3, -0.25) is 4.98 Å². The molecule has 3 aromatic rings. The Hall–Kier alpha value is -2.46. The van der Waals surface area contributed by atoms with Gasteiger partial charge in [-0.25, -0.2) is 9.18 Å². The number of hydrogen-bond acceptors (Lipinski definition) is 3. The van der Waals surface area contributed by atoms with Gasteiger partial charge in [0, 0.05) is 22.5 Å². The van der Waals surface area contributed by atoms with E-state index in [1.54, 1.807) is 36.5 Å². The standard InChI is InChI=1S/C17H11ClFNO2/c1-22-17(21)11-4-7-13-14(8-11)16(20-9-15(13)18)10-2-5-12(19)6-3-10/h2-9H,1H3. The quantitative estimate of drug-likeness (QED) is 0.654. The molecule has 0 N–H and O–H groups in total. The summed E-state index contributed by atoms with van der Waals surface area (Å²) in [7, 11) is 1.32. The van der Waals surface area contributed by atoms with Crippen LogP contribution in [0.5, 0.6) is 0 Å². The highest BCUT2D eigenvalue weighted by atomic mass is 35.5. The Morgan fingerprint density at radius 2 is 1.86 bits per heavy atom. The summed E-state index contributed by atoms with van der Waals surface area (Å²) in [6.07, 6.45) is 1.54. The lowest BCUT2D eigenvalue weighted by Crippen LogP contribution is -2.01. The summed E-state index contributed by atoms with van der Waals surface area (Å²) in [6, 6.07) is 11.1. The highest BCUT2D eigenvalue weighted by Gasteiger charge is 2.12. The van der Waals surface area contributed by atoms with Crippen LogP contribution >= 0.6 is 11.6 Å². The van der Waals surface area contributed by atoms with Gasteiger partial charge < -0.3 is 4.74 Å². The Bertz CT molecular complexity index is 862. The molecule has 1 heterocycles. The zero-order valence-corrected chi connectivity index (χ0v) is 12.4. The van der Waals surface area contributed by atoms with E-state index in [1.807, 2.05) is 0 Å². The van der Waals surface area contributed by atoms with Crippen LogP contribution in [0.15, 0.2) is 48.7 Å². The second-order valence-electron chi connectivity index (χ2n) is 4.71. The van der Waals surface area contributed by atoms with Crippen LogP contribution in [0.4, 0.5) is 4.39 Å². The van der Waals surface area contributed by atoms with Crippen LogP contribution in [0.3, 0.4) is 0 Å². The Labute approximate surface area is 131 Å². The SMILES string of the molecule is COC(=O)c1ccc2c(Cl)cnc(-c3ccc(F)cc3)c2c1. The third kappa shape index (κ3) is 2.53. The van der Waals surface area contributed by atoms with Crippen LogP contribution in [-0.2, 0) is 4.74 Å². The number of hydrogen-bond donors (Lipinski definition) is 0. The summed E-state index contributed by atoms with van der Waals surface area (Å²) in [5, 5.41) is 1.96. The summed E-state index contributed by atoms with van der Waals surface area (Å²) in [5.41, 5.74) is 1.78. The number of aromatic nitrogens is 1. The maximum atomic E-state index is 13.1. The maximum absolute atomic E-state index is 13.1. The van der Waals surface area contributed by atoms with E-state index in [-0.39, 0.29) is 5.82 Å². The smallest absolute Gasteiger partial charge is 0.337 e. The largest absolute Gasteiger partial charge is 0.465 e. The van der Waals surface area contributed by atoms with Gasteiger partial charge in [0.1, 0.15) is 5.82 Å². The monoisotopic (exact) mass is 315 g/mol. The minimum absolute atomic E-state index is 0.322. The first-order valence-corrected chi connectivity index (χ1v) is 6.90. The highest BCUT2D eigenvalue weighted by Crippen LogP contribution is 2.32. The number of benzene rings is 2. The molecule has 0 aliphatic rings. The lowest BCUT2D eigenvalue weighted by Gasteiger charge is -2.09. The molecule has 3 nitrogen and oxygen atoms in total. The molecule has 5 heteroatoms. The summed E-state index contributed by atoms with van der Waals surface area (Å²) in [6.45, 7) is 0. The molecule has 3 rings (SSSR count). The molecule has 0 fully saturated rings. The van der Waals surface area contributed by atoms with Gasteiger partial charge in [0.25, 0.3) is 0 Å². The van der Waals surface area contributed by atoms with E-state index in [2.05, 4.69) is 4.98 Å². The van der Waals surface area contributed by atoms with Gasteiger partial charge in [-0.15, -0.1) is 0 Å². The zero-order valence-electron chi connectivity index (χ0n) is 11.6. The van der Waals surface area contributed by atoms with Crippen LogP contribution in [0.25, 0.3) is 22.0 Å². The second kappa shape index (κ2) is 5.73. The van der Waals surface area contributed by atoms with E-state index in [0.29, 0.717) is 21.7 Å². The molecule has 0 spiro atoms. The van der Waals surface area contributed by atoms with Crippen LogP contribution in [0, 0.1) is 5.82 Å². The Morgan fingerprint density at radius 1 is 1.14 bits per heavy atom. The number of esters is 1. The van der Waals surface area contributed by atoms with Gasteiger partial charge in [-0.1, -0.05) is 17.7 Å². The van der Waals surface area contributed by atoms with Crippen molar-refractivity contribution in [3.05, 3.63) is 65.1 Å². The van der Waals surface area contributed by atoms with Gasteiger partial charge in [-0.05, 0) is 36.4 Å². The average Bonchev–Trinajstić information content (AvgIpc) is 2.55. The summed E-state index contributed by atoms with van der Waals surface area (Å²) in [5.74, 6) is -0.760. The molecule has 0 bridgehead atoms. The first-order chi connectivity index (χ1) is 10.6. The lowest BCUT2D eigenvalue weighted by atomic mass is 10.0. The van der Waals surface area contributed by atoms with E-state index in [1.165, 1.54) is 19.2 Å². The molecule has 0 amide bonds. The molecule has 0 aliphatic heterocycles. The molecule has 2 aromatic carbocycles. The third-order valence-electron chi connectivity index (χ3n) is 3.38. The average molecular weight is 316 g/mol. The minimum Gasteiger partial charge on any atom is -0.465 e. The van der Waals surface area contributed by atoms with Crippen molar-refractivity contribution in [2.24, 2.45) is 0 Å².